The molecule has 1 nitrogen and oxygen atoms in total. The van der Waals surface area contributed by atoms with E-state index in [1.165, 1.54) is 12.0 Å². The summed E-state index contributed by atoms with van der Waals surface area (Å²) < 4.78 is 0. The van der Waals surface area contributed by atoms with Gasteiger partial charge in [-0.05, 0) is 18.4 Å². The van der Waals surface area contributed by atoms with Gasteiger partial charge in [0.1, 0.15) is 0 Å². The Hall–Kier alpha value is 0.725. The first-order chi connectivity index (χ1) is 7.35. The van der Waals surface area contributed by atoms with E-state index in [2.05, 4.69) is 43.1 Å². The molecule has 0 unspecified atom stereocenters. The summed E-state index contributed by atoms with van der Waals surface area (Å²) in [4.78, 5) is 0. The van der Waals surface area contributed by atoms with Crippen molar-refractivity contribution >= 4 is 0 Å². The van der Waals surface area contributed by atoms with E-state index in [-0.39, 0.29) is 58.2 Å². The van der Waals surface area contributed by atoms with Crippen molar-refractivity contribution in [2.24, 2.45) is 0 Å². The Labute approximate surface area is 150 Å². The second kappa shape index (κ2) is 15.7. The van der Waals surface area contributed by atoms with E-state index < -0.39 is 0 Å². The fourth-order valence-electron chi connectivity index (χ4n) is 1.09. The number of hydrogen-bond acceptors (Lipinski definition) is 0. The molecule has 1 aromatic carbocycles. The monoisotopic (exact) mass is 289 g/mol. The van der Waals surface area contributed by atoms with Gasteiger partial charge in [-0.2, -0.15) is 7.05 Å². The summed E-state index contributed by atoms with van der Waals surface area (Å²) in [5.74, 6) is 0. The van der Waals surface area contributed by atoms with E-state index in [0.29, 0.717) is 0 Å². The molecule has 0 N–H and O–H groups in total. The molecular weight excluding hydrogens is 268 g/mol. The van der Waals surface area contributed by atoms with E-state index in [4.69, 9.17) is 0 Å². The molecule has 0 saturated carbocycles. The fourth-order valence-corrected chi connectivity index (χ4v) is 1.09. The predicted octanol–water partition coefficient (Wildman–Crippen LogP) is 1.21. The standard InChI is InChI=1S/C9H12N.C5H10.Rb/c1-10-8-7-9-5-3-2-4-6-9;1-3-5-4-2;/h2-6H,7-8H2,1H3;3H,1,4-5H2,2H3;/q-1;;+1. The first-order valence-electron chi connectivity index (χ1n) is 5.55. The molecule has 0 aliphatic rings. The predicted molar refractivity (Wildman–Crippen MR) is 69.4 cm³/mol. The molecule has 84 valence electrons. The topological polar surface area (TPSA) is 14.1 Å². The van der Waals surface area contributed by atoms with Crippen molar-refractivity contribution < 1.29 is 58.2 Å². The molecule has 1 rings (SSSR count). The van der Waals surface area contributed by atoms with Crippen LogP contribution in [0.1, 0.15) is 25.3 Å². The van der Waals surface area contributed by atoms with Gasteiger partial charge in [-0.25, -0.2) is 0 Å². The Bertz CT molecular complexity index is 234. The second-order valence-electron chi connectivity index (χ2n) is 3.35. The summed E-state index contributed by atoms with van der Waals surface area (Å²) in [6, 6.07) is 10.4. The van der Waals surface area contributed by atoms with Crippen LogP contribution < -0.4 is 58.2 Å². The molecule has 0 radical (unpaired) electrons. The molecule has 0 aromatic heterocycles. The molecule has 0 heterocycles. The van der Waals surface area contributed by atoms with Crippen molar-refractivity contribution in [2.75, 3.05) is 13.6 Å². The van der Waals surface area contributed by atoms with E-state index in [0.717, 1.165) is 19.4 Å². The number of likely N-dealkylation sites (N-methyl/N-ethyl adjacent to an activating group) is 1. The average molecular weight is 290 g/mol. The maximum Gasteiger partial charge on any atom is 1.00 e. The van der Waals surface area contributed by atoms with Gasteiger partial charge < -0.3 is 5.32 Å². The maximum atomic E-state index is 4.03. The Morgan fingerprint density at radius 2 is 1.88 bits per heavy atom. The van der Waals surface area contributed by atoms with Crippen molar-refractivity contribution in [3.05, 3.63) is 53.9 Å². The van der Waals surface area contributed by atoms with E-state index in [9.17, 15) is 0 Å². The van der Waals surface area contributed by atoms with Gasteiger partial charge >= 0.3 is 58.2 Å². The van der Waals surface area contributed by atoms with Gasteiger partial charge in [0.05, 0.1) is 0 Å². The summed E-state index contributed by atoms with van der Waals surface area (Å²) in [6.45, 7) is 6.63. The van der Waals surface area contributed by atoms with Gasteiger partial charge in [-0.3, -0.25) is 0 Å². The minimum Gasteiger partial charge on any atom is -0.665 e. The van der Waals surface area contributed by atoms with Gasteiger partial charge in [0.15, 0.2) is 0 Å². The molecule has 16 heavy (non-hydrogen) atoms. The number of unbranched alkanes of at least 4 members (excludes halogenated alkanes) is 1. The molecular formula is C14H22NRb. The summed E-state index contributed by atoms with van der Waals surface area (Å²) >= 11 is 0. The fraction of sp³-hybridized carbons (Fsp3) is 0.429. The molecule has 0 atom stereocenters. The largest absolute Gasteiger partial charge is 1.00 e. The Morgan fingerprint density at radius 3 is 2.25 bits per heavy atom. The van der Waals surface area contributed by atoms with Crippen LogP contribution in [0.3, 0.4) is 0 Å². The van der Waals surface area contributed by atoms with Gasteiger partial charge in [0.2, 0.25) is 0 Å². The zero-order valence-electron chi connectivity index (χ0n) is 10.9. The minimum atomic E-state index is 0. The second-order valence-corrected chi connectivity index (χ2v) is 3.35. The van der Waals surface area contributed by atoms with Crippen LogP contribution in [0.4, 0.5) is 0 Å². The van der Waals surface area contributed by atoms with Gasteiger partial charge in [0.25, 0.3) is 0 Å². The third-order valence-corrected chi connectivity index (χ3v) is 1.96. The van der Waals surface area contributed by atoms with Crippen LogP contribution >= 0.6 is 0 Å². The number of hydrogen-bond donors (Lipinski definition) is 0. The van der Waals surface area contributed by atoms with Crippen molar-refractivity contribution in [1.82, 2.24) is 0 Å². The number of nitrogens with zero attached hydrogens (tertiary/aromatic N) is 1. The molecule has 0 aliphatic carbocycles. The Morgan fingerprint density at radius 1 is 1.25 bits per heavy atom. The summed E-state index contributed by atoms with van der Waals surface area (Å²) in [5, 5.41) is 4.03. The smallest absolute Gasteiger partial charge is 0.665 e. The minimum absolute atomic E-state index is 0. The van der Waals surface area contributed by atoms with Crippen LogP contribution in [0.25, 0.3) is 5.32 Å². The van der Waals surface area contributed by atoms with E-state index in [1.807, 2.05) is 19.2 Å². The Balaban J connectivity index is 0. The van der Waals surface area contributed by atoms with Crippen LogP contribution in [-0.4, -0.2) is 13.6 Å². The summed E-state index contributed by atoms with van der Waals surface area (Å²) in [7, 11) is 1.85. The SMILES string of the molecule is C=CCCC.C[N-]CCc1ccccc1.[Rb+]. The first-order valence-corrected chi connectivity index (χ1v) is 5.55. The molecule has 0 amide bonds. The molecule has 0 bridgehead atoms. The summed E-state index contributed by atoms with van der Waals surface area (Å²) in [6.07, 6.45) is 5.38. The molecule has 1 aromatic rings. The zero-order valence-corrected chi connectivity index (χ0v) is 15.9. The normalized spacial score (nSPS) is 8.38. The maximum absolute atomic E-state index is 4.03. The first kappa shape index (κ1) is 19.1. The van der Waals surface area contributed by atoms with Crippen LogP contribution in [0.15, 0.2) is 43.0 Å². The van der Waals surface area contributed by atoms with Crippen LogP contribution in [-0.2, 0) is 6.42 Å². The van der Waals surface area contributed by atoms with Crippen LogP contribution in [0.2, 0.25) is 0 Å². The molecule has 0 fully saturated rings. The van der Waals surface area contributed by atoms with Crippen molar-refractivity contribution in [2.45, 2.75) is 26.2 Å². The Kier molecular flexibility index (Phi) is 18.7. The van der Waals surface area contributed by atoms with Gasteiger partial charge in [-0.15, -0.1) is 13.1 Å². The zero-order chi connectivity index (χ0) is 11.4. The van der Waals surface area contributed by atoms with E-state index >= 15 is 0 Å². The third-order valence-electron chi connectivity index (χ3n) is 1.96. The van der Waals surface area contributed by atoms with Gasteiger partial charge in [-0.1, -0.05) is 49.8 Å². The van der Waals surface area contributed by atoms with Crippen LogP contribution in [0, 0.1) is 0 Å². The van der Waals surface area contributed by atoms with Crippen molar-refractivity contribution in [3.8, 4) is 0 Å². The number of allylic oxidation sites excluding steroid dienone is 1. The third kappa shape index (κ3) is 12.8. The van der Waals surface area contributed by atoms with Crippen LogP contribution in [0.5, 0.6) is 0 Å². The van der Waals surface area contributed by atoms with Crippen molar-refractivity contribution in [3.63, 3.8) is 0 Å². The van der Waals surface area contributed by atoms with Gasteiger partial charge in [0, 0.05) is 0 Å². The summed E-state index contributed by atoms with van der Waals surface area (Å²) in [5.41, 5.74) is 1.37. The molecule has 0 saturated heterocycles. The number of rotatable bonds is 5. The van der Waals surface area contributed by atoms with E-state index in [1.54, 1.807) is 0 Å². The molecule has 0 spiro atoms. The van der Waals surface area contributed by atoms with Crippen molar-refractivity contribution in [1.29, 1.82) is 0 Å². The average Bonchev–Trinajstić information content (AvgIpc) is 2.30. The number of benzene rings is 1. The molecule has 2 heteroatoms. The molecule has 0 aliphatic heterocycles. The quantitative estimate of drug-likeness (QED) is 0.724.